The Morgan fingerprint density at radius 2 is 1.96 bits per heavy atom. The molecule has 4 aliphatic rings. The smallest absolute Gasteiger partial charge is 0.410 e. The number of amidine groups is 1. The third-order valence-corrected chi connectivity index (χ3v) is 11.3. The first-order valence-electron chi connectivity index (χ1n) is 14.6. The van der Waals surface area contributed by atoms with E-state index in [9.17, 15) is 26.4 Å². The van der Waals surface area contributed by atoms with E-state index in [1.54, 1.807) is 16.5 Å². The van der Waals surface area contributed by atoms with Gasteiger partial charge in [-0.05, 0) is 31.0 Å². The summed E-state index contributed by atoms with van der Waals surface area (Å²) >= 11 is 7.85. The predicted molar refractivity (Wildman–Crippen MR) is 163 cm³/mol. The minimum atomic E-state index is -3.94. The van der Waals surface area contributed by atoms with Gasteiger partial charge in [-0.1, -0.05) is 17.7 Å². The lowest BCUT2D eigenvalue weighted by Gasteiger charge is -2.35. The van der Waals surface area contributed by atoms with Crippen LogP contribution in [0.3, 0.4) is 0 Å². The molecule has 4 aliphatic heterocycles. The molecular formula is C28H28ClF3N8O4S2. The molecule has 0 saturated carbocycles. The lowest BCUT2D eigenvalue weighted by molar-refractivity contribution is 0.0564. The molecule has 3 fully saturated rings. The maximum atomic E-state index is 14.1. The highest BCUT2D eigenvalue weighted by atomic mass is 35.5. The summed E-state index contributed by atoms with van der Waals surface area (Å²) in [5.74, 6) is -0.0985. The average molecular weight is 697 g/mol. The van der Waals surface area contributed by atoms with Gasteiger partial charge in [-0.3, -0.25) is 4.99 Å². The number of thiazole rings is 1. The Morgan fingerprint density at radius 3 is 2.61 bits per heavy atom. The van der Waals surface area contributed by atoms with E-state index in [0.717, 1.165) is 12.3 Å². The van der Waals surface area contributed by atoms with Crippen LogP contribution in [0.4, 0.5) is 18.0 Å². The van der Waals surface area contributed by atoms with E-state index in [0.29, 0.717) is 58.4 Å². The van der Waals surface area contributed by atoms with E-state index in [2.05, 4.69) is 14.8 Å². The summed E-state index contributed by atoms with van der Waals surface area (Å²) in [6, 6.07) is 3.76. The number of hydrogen-bond acceptors (Lipinski definition) is 9. The molecule has 12 nitrogen and oxygen atoms in total. The van der Waals surface area contributed by atoms with Crippen molar-refractivity contribution in [2.45, 2.75) is 43.9 Å². The summed E-state index contributed by atoms with van der Waals surface area (Å²) in [6.45, 7) is -1.41. The number of piperidine rings is 1. The fraction of sp³-hybridized carbons (Fsp3) is 0.429. The number of alkyl halides is 2. The Kier molecular flexibility index (Phi) is 8.29. The van der Waals surface area contributed by atoms with Gasteiger partial charge in [0.15, 0.2) is 10.8 Å². The molecule has 2 atom stereocenters. The highest BCUT2D eigenvalue weighted by Crippen LogP contribution is 2.46. The topological polar surface area (TPSA) is 125 Å². The molecule has 0 bridgehead atoms. The number of nitrogens with zero attached hydrogens (tertiary/aromatic N) is 7. The Balaban J connectivity index is 1.22. The lowest BCUT2D eigenvalue weighted by Crippen LogP contribution is -2.52. The second-order valence-electron chi connectivity index (χ2n) is 11.2. The highest BCUT2D eigenvalue weighted by Gasteiger charge is 2.43. The quantitative estimate of drug-likeness (QED) is 0.373. The van der Waals surface area contributed by atoms with E-state index >= 15 is 0 Å². The molecule has 1 aromatic carbocycles. The number of benzene rings is 1. The zero-order valence-electron chi connectivity index (χ0n) is 24.1. The van der Waals surface area contributed by atoms with Crippen molar-refractivity contribution in [3.05, 3.63) is 74.8 Å². The molecule has 3 saturated heterocycles. The van der Waals surface area contributed by atoms with Crippen LogP contribution in [-0.2, 0) is 14.9 Å². The fourth-order valence-electron chi connectivity index (χ4n) is 6.45. The van der Waals surface area contributed by atoms with Crippen molar-refractivity contribution in [2.75, 3.05) is 32.8 Å². The normalized spacial score (nSPS) is 23.0. The Labute approximate surface area is 271 Å². The minimum absolute atomic E-state index is 0.0880. The van der Waals surface area contributed by atoms with Crippen LogP contribution in [-0.4, -0.2) is 94.1 Å². The van der Waals surface area contributed by atoms with Crippen molar-refractivity contribution in [3.63, 3.8) is 0 Å². The summed E-state index contributed by atoms with van der Waals surface area (Å²) in [5, 5.41) is 6.55. The van der Waals surface area contributed by atoms with Crippen molar-refractivity contribution >= 4 is 50.6 Å². The van der Waals surface area contributed by atoms with Crippen LogP contribution in [0.1, 0.15) is 48.1 Å². The molecule has 0 radical (unpaired) electrons. The Hall–Kier alpha value is -3.51. The number of aliphatic imine (C=N–C) groups is 1. The first kappa shape index (κ1) is 31.1. The van der Waals surface area contributed by atoms with Gasteiger partial charge in [0.1, 0.15) is 18.5 Å². The van der Waals surface area contributed by atoms with Crippen molar-refractivity contribution in [2.24, 2.45) is 4.99 Å². The van der Waals surface area contributed by atoms with Gasteiger partial charge in [0.25, 0.3) is 10.2 Å². The van der Waals surface area contributed by atoms with E-state index in [1.807, 2.05) is 4.90 Å². The van der Waals surface area contributed by atoms with Crippen LogP contribution in [0.15, 0.2) is 52.7 Å². The summed E-state index contributed by atoms with van der Waals surface area (Å²) in [7, 11) is -3.94. The van der Waals surface area contributed by atoms with Gasteiger partial charge >= 0.3 is 12.6 Å². The number of ether oxygens (including phenoxy) is 1. The monoisotopic (exact) mass is 696 g/mol. The second kappa shape index (κ2) is 12.3. The van der Waals surface area contributed by atoms with Crippen molar-refractivity contribution in [1.29, 1.82) is 0 Å². The van der Waals surface area contributed by atoms with E-state index in [1.165, 1.54) is 33.8 Å². The molecule has 0 spiro atoms. The molecule has 3 aromatic rings. The number of carbonyl (C=O) groups excluding carboxylic acids is 1. The molecule has 46 heavy (non-hydrogen) atoms. The third kappa shape index (κ3) is 5.78. The largest absolute Gasteiger partial charge is 0.448 e. The van der Waals surface area contributed by atoms with E-state index in [4.69, 9.17) is 21.3 Å². The molecule has 2 aromatic heterocycles. The number of aromatic nitrogens is 3. The average Bonchev–Trinajstić information content (AvgIpc) is 3.84. The summed E-state index contributed by atoms with van der Waals surface area (Å²) < 4.78 is 78.3. The van der Waals surface area contributed by atoms with Crippen LogP contribution >= 0.6 is 22.9 Å². The molecule has 18 heteroatoms. The zero-order chi connectivity index (χ0) is 32.2. The number of cyclic esters (lactones) is 1. The van der Waals surface area contributed by atoms with Crippen LogP contribution in [0.5, 0.6) is 0 Å². The number of halogens is 4. The van der Waals surface area contributed by atoms with Gasteiger partial charge in [0, 0.05) is 77.8 Å². The second-order valence-corrected chi connectivity index (χ2v) is 14.3. The molecule has 0 unspecified atom stereocenters. The zero-order valence-corrected chi connectivity index (χ0v) is 26.5. The number of carbonyl (C=O) groups is 1. The molecule has 6 heterocycles. The standard InChI is InChI=1S/C28H28ClF3N8O4S2/c29-20-13-16(30)1-2-19(20)24-23(21-5-9-40(35-21)27(31)32)22-14-17(15-39(22)25(34-24)26-33-6-12-45-26)36-46(42,43)37-7-3-18(4-8-37)38-10-11-44-28(38)41/h1-2,5-6,9,12-13,17-18,24,27,36H,3-4,7-8,10-11,14-15H2/t17-,24-/m0/s1. The number of nitrogens with one attached hydrogen (secondary N) is 1. The number of rotatable bonds is 8. The number of fused-ring (bicyclic) bond motifs is 1. The van der Waals surface area contributed by atoms with Gasteiger partial charge in [0.2, 0.25) is 0 Å². The molecule has 1 N–H and O–H groups in total. The first-order valence-corrected chi connectivity index (χ1v) is 17.3. The van der Waals surface area contributed by atoms with Crippen molar-refractivity contribution in [1.82, 2.24) is 33.6 Å². The van der Waals surface area contributed by atoms with Crippen molar-refractivity contribution in [3.8, 4) is 0 Å². The van der Waals surface area contributed by atoms with Crippen LogP contribution in [0.2, 0.25) is 5.02 Å². The molecule has 1 amide bonds. The molecule has 7 rings (SSSR count). The summed E-state index contributed by atoms with van der Waals surface area (Å²) in [4.78, 5) is 24.9. The van der Waals surface area contributed by atoms with Crippen LogP contribution in [0, 0.1) is 5.82 Å². The van der Waals surface area contributed by atoms with E-state index < -0.39 is 34.7 Å². The van der Waals surface area contributed by atoms with Crippen LogP contribution in [0.25, 0.3) is 5.57 Å². The van der Waals surface area contributed by atoms with Gasteiger partial charge in [0.05, 0.1) is 12.2 Å². The van der Waals surface area contributed by atoms with Crippen LogP contribution < -0.4 is 4.72 Å². The van der Waals surface area contributed by atoms with Gasteiger partial charge in [-0.15, -0.1) is 11.3 Å². The van der Waals surface area contributed by atoms with Crippen molar-refractivity contribution < 1.29 is 31.1 Å². The predicted octanol–water partition coefficient (Wildman–Crippen LogP) is 4.27. The SMILES string of the molecule is O=C1OCCN1C1CCN(S(=O)(=O)N[C@H]2CC3=C(c4ccn(C(F)F)n4)[C@H](c4ccc(F)cc4Cl)N=C(c4nccs4)N3C2)CC1. The van der Waals surface area contributed by atoms with Gasteiger partial charge < -0.3 is 14.5 Å². The lowest BCUT2D eigenvalue weighted by atomic mass is 9.92. The van der Waals surface area contributed by atoms with Gasteiger partial charge in [-0.2, -0.15) is 31.3 Å². The summed E-state index contributed by atoms with van der Waals surface area (Å²) in [6.07, 6.45) is 3.55. The Morgan fingerprint density at radius 1 is 1.15 bits per heavy atom. The maximum absolute atomic E-state index is 14.1. The first-order chi connectivity index (χ1) is 22.1. The number of hydrogen-bond donors (Lipinski definition) is 1. The summed E-state index contributed by atoms with van der Waals surface area (Å²) in [5.41, 5.74) is 1.70. The molecule has 0 aliphatic carbocycles. The highest BCUT2D eigenvalue weighted by molar-refractivity contribution is 7.87. The molecule has 244 valence electrons. The number of amides is 1. The minimum Gasteiger partial charge on any atom is -0.448 e. The Bertz CT molecular complexity index is 1810. The van der Waals surface area contributed by atoms with E-state index in [-0.39, 0.29) is 48.9 Å². The third-order valence-electron chi connectivity index (χ3n) is 8.54. The maximum Gasteiger partial charge on any atom is 0.410 e. The molecular weight excluding hydrogens is 669 g/mol. The van der Waals surface area contributed by atoms with Gasteiger partial charge in [-0.25, -0.2) is 18.9 Å². The fourth-order valence-corrected chi connectivity index (χ4v) is 8.78.